The Morgan fingerprint density at radius 2 is 2.03 bits per heavy atom. The van der Waals surface area contributed by atoms with Gasteiger partial charge >= 0.3 is 6.09 Å². The second-order valence-corrected chi connectivity index (χ2v) is 6.71. The first-order valence-corrected chi connectivity index (χ1v) is 9.06. The molecule has 2 bridgehead atoms. The molecule has 29 heavy (non-hydrogen) atoms. The molecule has 4 heterocycles. The predicted octanol–water partition coefficient (Wildman–Crippen LogP) is 1.99. The van der Waals surface area contributed by atoms with Crippen molar-refractivity contribution in [2.24, 2.45) is 5.11 Å². The molecule has 150 valence electrons. The second kappa shape index (κ2) is 7.12. The molecular formula is C18H18N6O5. The standard InChI is InChI=1S/C18H18N6O5/c1-3-28-18(27)22-12-9-10(2)15(14-13(20-21-19)17(26)23(14)22)29-24(12)16(25)11-7-5-4-6-8-11/h4-9,12-15H,3H2,1-2H3. The van der Waals surface area contributed by atoms with Crippen LogP contribution in [0.15, 0.2) is 47.1 Å². The van der Waals surface area contributed by atoms with Crippen LogP contribution >= 0.6 is 0 Å². The quantitative estimate of drug-likeness (QED) is 0.253. The van der Waals surface area contributed by atoms with Gasteiger partial charge in [0.2, 0.25) is 0 Å². The third kappa shape index (κ3) is 2.79. The number of amides is 3. The summed E-state index contributed by atoms with van der Waals surface area (Å²) in [6, 6.07) is 6.63. The zero-order chi connectivity index (χ0) is 20.7. The van der Waals surface area contributed by atoms with Gasteiger partial charge in [0, 0.05) is 10.5 Å². The maximum Gasteiger partial charge on any atom is 0.431 e. The molecule has 11 heteroatoms. The monoisotopic (exact) mass is 398 g/mol. The minimum Gasteiger partial charge on any atom is -0.448 e. The molecule has 0 aliphatic carbocycles. The first-order chi connectivity index (χ1) is 14.0. The number of fused-ring (bicyclic) bond motifs is 1. The molecule has 4 aliphatic rings. The van der Waals surface area contributed by atoms with E-state index in [-0.39, 0.29) is 6.61 Å². The number of hydrazine groups is 1. The summed E-state index contributed by atoms with van der Waals surface area (Å²) in [5.74, 6) is -1.04. The van der Waals surface area contributed by atoms with Crippen LogP contribution in [0.5, 0.6) is 0 Å². The SMILES string of the molecule is CCOC(=O)N1C2C=C(C)C(ON2C(=O)c2ccccc2)C2C(N=[N+]=[N-])C(=O)N21. The normalized spacial score (nSPS) is 27.3. The molecule has 0 spiro atoms. The Morgan fingerprint density at radius 3 is 2.69 bits per heavy atom. The van der Waals surface area contributed by atoms with Gasteiger partial charge in [-0.25, -0.2) is 9.80 Å². The van der Waals surface area contributed by atoms with E-state index in [1.54, 1.807) is 50.3 Å². The van der Waals surface area contributed by atoms with Crippen LogP contribution in [0, 0.1) is 0 Å². The average molecular weight is 398 g/mol. The molecule has 0 saturated carbocycles. The lowest BCUT2D eigenvalue weighted by atomic mass is 9.89. The summed E-state index contributed by atoms with van der Waals surface area (Å²) in [6.07, 6.45) is -0.924. The third-order valence-electron chi connectivity index (χ3n) is 5.06. The number of hydrogen-bond acceptors (Lipinski definition) is 6. The van der Waals surface area contributed by atoms with Gasteiger partial charge in [-0.1, -0.05) is 23.3 Å². The lowest BCUT2D eigenvalue weighted by Gasteiger charge is -2.48. The van der Waals surface area contributed by atoms with E-state index in [0.717, 1.165) is 15.1 Å². The van der Waals surface area contributed by atoms with E-state index in [2.05, 4.69) is 10.0 Å². The second-order valence-electron chi connectivity index (χ2n) is 6.71. The largest absolute Gasteiger partial charge is 0.448 e. The van der Waals surface area contributed by atoms with E-state index in [9.17, 15) is 14.4 Å². The number of carbonyl (C=O) groups is 3. The van der Waals surface area contributed by atoms with Crippen molar-refractivity contribution in [3.05, 3.63) is 58.0 Å². The Morgan fingerprint density at radius 1 is 1.31 bits per heavy atom. The number of β-lactam (4-membered cyclic amide) rings is 1. The Labute approximate surface area is 165 Å². The van der Waals surface area contributed by atoms with E-state index in [1.807, 2.05) is 0 Å². The molecular weight excluding hydrogens is 380 g/mol. The van der Waals surface area contributed by atoms with Crippen LogP contribution in [0.1, 0.15) is 24.2 Å². The van der Waals surface area contributed by atoms with Gasteiger partial charge in [-0.05, 0) is 43.2 Å². The van der Waals surface area contributed by atoms with Crippen LogP contribution < -0.4 is 0 Å². The molecule has 11 nitrogen and oxygen atoms in total. The summed E-state index contributed by atoms with van der Waals surface area (Å²) < 4.78 is 5.12. The van der Waals surface area contributed by atoms with Gasteiger partial charge in [0.15, 0.2) is 6.17 Å². The van der Waals surface area contributed by atoms with Crippen LogP contribution in [0.4, 0.5) is 4.79 Å². The Kier molecular flexibility index (Phi) is 4.61. The first kappa shape index (κ1) is 18.8. The fourth-order valence-electron chi connectivity index (χ4n) is 3.75. The molecule has 1 aromatic carbocycles. The fourth-order valence-corrected chi connectivity index (χ4v) is 3.75. The maximum absolute atomic E-state index is 13.1. The summed E-state index contributed by atoms with van der Waals surface area (Å²) in [4.78, 5) is 47.2. The van der Waals surface area contributed by atoms with Gasteiger partial charge in [0.25, 0.3) is 11.8 Å². The molecule has 0 radical (unpaired) electrons. The zero-order valence-electron chi connectivity index (χ0n) is 15.7. The molecule has 4 atom stereocenters. The van der Waals surface area contributed by atoms with E-state index in [0.29, 0.717) is 11.1 Å². The lowest BCUT2D eigenvalue weighted by Crippen LogP contribution is -2.73. The number of carbonyl (C=O) groups excluding carboxylic acids is 3. The van der Waals surface area contributed by atoms with E-state index in [1.165, 1.54) is 0 Å². The number of nitrogens with zero attached hydrogens (tertiary/aromatic N) is 6. The van der Waals surface area contributed by atoms with Crippen molar-refractivity contribution in [1.82, 2.24) is 15.1 Å². The molecule has 0 N–H and O–H groups in total. The molecule has 3 amide bonds. The Bertz CT molecular complexity index is 943. The highest BCUT2D eigenvalue weighted by molar-refractivity contribution is 5.95. The molecule has 5 rings (SSSR count). The maximum atomic E-state index is 13.1. The number of hydrogen-bond donors (Lipinski definition) is 0. The van der Waals surface area contributed by atoms with E-state index >= 15 is 0 Å². The van der Waals surface area contributed by atoms with Crippen LogP contribution in [0.25, 0.3) is 10.4 Å². The minimum atomic E-state index is -1.05. The molecule has 1 aromatic rings. The zero-order valence-corrected chi connectivity index (χ0v) is 15.7. The first-order valence-electron chi connectivity index (χ1n) is 9.06. The summed E-state index contributed by atoms with van der Waals surface area (Å²) in [5, 5.41) is 6.83. The van der Waals surface area contributed by atoms with Crippen LogP contribution in [0.3, 0.4) is 0 Å². The van der Waals surface area contributed by atoms with Gasteiger partial charge in [-0.15, -0.1) is 0 Å². The third-order valence-corrected chi connectivity index (χ3v) is 5.06. The summed E-state index contributed by atoms with van der Waals surface area (Å²) in [6.45, 7) is 3.48. The molecule has 2 saturated heterocycles. The van der Waals surface area contributed by atoms with Crippen LogP contribution in [0.2, 0.25) is 0 Å². The lowest BCUT2D eigenvalue weighted by molar-refractivity contribution is -0.185. The van der Waals surface area contributed by atoms with Crippen molar-refractivity contribution in [1.29, 1.82) is 0 Å². The number of ether oxygens (including phenoxy) is 1. The number of hydroxylamine groups is 2. The van der Waals surface area contributed by atoms with Crippen molar-refractivity contribution in [2.45, 2.75) is 38.2 Å². The van der Waals surface area contributed by atoms with Crippen LogP contribution in [-0.4, -0.2) is 63.9 Å². The van der Waals surface area contributed by atoms with Gasteiger partial charge in [0.1, 0.15) is 18.2 Å². The smallest absolute Gasteiger partial charge is 0.431 e. The Hall–Kier alpha value is -3.56. The average Bonchev–Trinajstić information content (AvgIpc) is 2.92. The number of azide groups is 1. The van der Waals surface area contributed by atoms with E-state index < -0.39 is 42.3 Å². The van der Waals surface area contributed by atoms with Gasteiger partial charge in [-0.3, -0.25) is 14.4 Å². The van der Waals surface area contributed by atoms with Gasteiger partial charge in [-0.2, -0.15) is 10.1 Å². The van der Waals surface area contributed by atoms with E-state index in [4.69, 9.17) is 15.1 Å². The molecule has 4 unspecified atom stereocenters. The molecule has 4 aliphatic heterocycles. The summed E-state index contributed by atoms with van der Waals surface area (Å²) in [7, 11) is 0. The fraction of sp³-hybridized carbons (Fsp3) is 0.389. The van der Waals surface area contributed by atoms with Crippen molar-refractivity contribution in [3.8, 4) is 0 Å². The molecule has 2 fully saturated rings. The topological polar surface area (TPSA) is 128 Å². The van der Waals surface area contributed by atoms with Crippen molar-refractivity contribution >= 4 is 17.9 Å². The van der Waals surface area contributed by atoms with Gasteiger partial charge < -0.3 is 4.74 Å². The highest BCUT2D eigenvalue weighted by Gasteiger charge is 2.62. The highest BCUT2D eigenvalue weighted by atomic mass is 16.7. The number of rotatable bonds is 3. The van der Waals surface area contributed by atoms with Crippen LogP contribution in [-0.2, 0) is 14.4 Å². The van der Waals surface area contributed by atoms with Crippen molar-refractivity contribution < 1.29 is 24.0 Å². The van der Waals surface area contributed by atoms with Gasteiger partial charge in [0.05, 0.1) is 6.61 Å². The summed E-state index contributed by atoms with van der Waals surface area (Å²) >= 11 is 0. The predicted molar refractivity (Wildman–Crippen MR) is 97.5 cm³/mol. The Balaban J connectivity index is 1.79. The summed E-state index contributed by atoms with van der Waals surface area (Å²) in [5.41, 5.74) is 9.89. The number of benzene rings is 1. The van der Waals surface area contributed by atoms with Crippen molar-refractivity contribution in [2.75, 3.05) is 6.61 Å². The minimum absolute atomic E-state index is 0.0775. The van der Waals surface area contributed by atoms with Crippen molar-refractivity contribution in [3.63, 3.8) is 0 Å². The highest BCUT2D eigenvalue weighted by Crippen LogP contribution is 2.41. The molecule has 0 aromatic heterocycles.